The van der Waals surface area contributed by atoms with Crippen molar-refractivity contribution in [3.05, 3.63) is 29.3 Å². The van der Waals surface area contributed by atoms with Crippen LogP contribution in [0.2, 0.25) is 0 Å². The average molecular weight is 177 g/mol. The molecule has 0 aromatic heterocycles. The summed E-state index contributed by atoms with van der Waals surface area (Å²) >= 11 is 0. The molecule has 13 heavy (non-hydrogen) atoms. The highest BCUT2D eigenvalue weighted by Gasteiger charge is 2.06. The summed E-state index contributed by atoms with van der Waals surface area (Å²) in [5, 5.41) is 3.43. The van der Waals surface area contributed by atoms with E-state index in [4.69, 9.17) is 0 Å². The first-order chi connectivity index (χ1) is 6.16. The quantitative estimate of drug-likeness (QED) is 0.744. The molecule has 0 unspecified atom stereocenters. The van der Waals surface area contributed by atoms with Crippen molar-refractivity contribution in [2.45, 2.75) is 33.6 Å². The molecule has 0 atom stereocenters. The Morgan fingerprint density at radius 2 is 2.00 bits per heavy atom. The highest BCUT2D eigenvalue weighted by Crippen LogP contribution is 2.26. The molecular formula is C12H19N. The summed E-state index contributed by atoms with van der Waals surface area (Å²) in [6, 6.07) is 6.49. The van der Waals surface area contributed by atoms with E-state index in [1.165, 1.54) is 16.8 Å². The van der Waals surface area contributed by atoms with E-state index in [2.05, 4.69) is 51.2 Å². The van der Waals surface area contributed by atoms with Gasteiger partial charge in [0.25, 0.3) is 0 Å². The first kappa shape index (κ1) is 10.1. The van der Waals surface area contributed by atoms with Crippen LogP contribution >= 0.6 is 0 Å². The summed E-state index contributed by atoms with van der Waals surface area (Å²) in [7, 11) is 0. The van der Waals surface area contributed by atoms with Crippen molar-refractivity contribution in [3.63, 3.8) is 0 Å². The molecule has 0 fully saturated rings. The number of hydrogen-bond donors (Lipinski definition) is 1. The Hall–Kier alpha value is -0.980. The van der Waals surface area contributed by atoms with E-state index in [1.807, 2.05) is 0 Å². The second-order valence-corrected chi connectivity index (χ2v) is 3.72. The fourth-order valence-electron chi connectivity index (χ4n) is 1.59. The number of para-hydroxylation sites is 1. The van der Waals surface area contributed by atoms with E-state index in [0.29, 0.717) is 5.92 Å². The summed E-state index contributed by atoms with van der Waals surface area (Å²) < 4.78 is 0. The Morgan fingerprint density at radius 3 is 2.54 bits per heavy atom. The van der Waals surface area contributed by atoms with Gasteiger partial charge in [-0.25, -0.2) is 0 Å². The van der Waals surface area contributed by atoms with Gasteiger partial charge in [-0.2, -0.15) is 0 Å². The molecule has 0 radical (unpaired) electrons. The highest BCUT2D eigenvalue weighted by molar-refractivity contribution is 5.58. The molecule has 0 saturated carbocycles. The van der Waals surface area contributed by atoms with E-state index < -0.39 is 0 Å². The summed E-state index contributed by atoms with van der Waals surface area (Å²) in [6.07, 6.45) is 0. The lowest BCUT2D eigenvalue weighted by Gasteiger charge is -2.15. The molecule has 1 nitrogen and oxygen atoms in total. The predicted octanol–water partition coefficient (Wildman–Crippen LogP) is 3.55. The summed E-state index contributed by atoms with van der Waals surface area (Å²) in [5.41, 5.74) is 4.08. The minimum Gasteiger partial charge on any atom is -0.385 e. The van der Waals surface area contributed by atoms with Gasteiger partial charge in [-0.1, -0.05) is 32.0 Å². The van der Waals surface area contributed by atoms with Crippen molar-refractivity contribution in [2.75, 3.05) is 11.9 Å². The van der Waals surface area contributed by atoms with Crippen molar-refractivity contribution in [2.24, 2.45) is 0 Å². The van der Waals surface area contributed by atoms with Gasteiger partial charge < -0.3 is 5.32 Å². The molecule has 1 aromatic carbocycles. The third-order valence-electron chi connectivity index (χ3n) is 2.28. The van der Waals surface area contributed by atoms with E-state index in [0.717, 1.165) is 6.54 Å². The largest absolute Gasteiger partial charge is 0.385 e. The fourth-order valence-corrected chi connectivity index (χ4v) is 1.59. The maximum Gasteiger partial charge on any atom is 0.0404 e. The predicted molar refractivity (Wildman–Crippen MR) is 59.4 cm³/mol. The van der Waals surface area contributed by atoms with Crippen LogP contribution in [-0.4, -0.2) is 6.54 Å². The van der Waals surface area contributed by atoms with Crippen LogP contribution in [0.5, 0.6) is 0 Å². The van der Waals surface area contributed by atoms with Crippen LogP contribution in [-0.2, 0) is 0 Å². The Bertz CT molecular complexity index is 276. The minimum absolute atomic E-state index is 0.592. The van der Waals surface area contributed by atoms with Gasteiger partial charge in [0.1, 0.15) is 0 Å². The molecular weight excluding hydrogens is 158 g/mol. The number of hydrogen-bond acceptors (Lipinski definition) is 1. The minimum atomic E-state index is 0.592. The van der Waals surface area contributed by atoms with Crippen LogP contribution in [0.25, 0.3) is 0 Å². The molecule has 0 spiro atoms. The lowest BCUT2D eigenvalue weighted by atomic mass is 9.98. The summed E-state index contributed by atoms with van der Waals surface area (Å²) in [6.45, 7) is 9.75. The molecule has 0 amide bonds. The standard InChI is InChI=1S/C12H19N/c1-5-13-12-10(4)7-6-8-11(12)9(2)3/h6-9,13H,5H2,1-4H3. The monoisotopic (exact) mass is 177 g/mol. The Kier molecular flexibility index (Phi) is 3.35. The molecule has 72 valence electrons. The van der Waals surface area contributed by atoms with Crippen molar-refractivity contribution >= 4 is 5.69 Å². The summed E-state index contributed by atoms with van der Waals surface area (Å²) in [5.74, 6) is 0.592. The van der Waals surface area contributed by atoms with Gasteiger partial charge in [0.05, 0.1) is 0 Å². The fraction of sp³-hybridized carbons (Fsp3) is 0.500. The number of benzene rings is 1. The number of nitrogens with one attached hydrogen (secondary N) is 1. The maximum atomic E-state index is 3.43. The van der Waals surface area contributed by atoms with Gasteiger partial charge in [0.2, 0.25) is 0 Å². The molecule has 1 heteroatoms. The zero-order valence-corrected chi connectivity index (χ0v) is 9.02. The Morgan fingerprint density at radius 1 is 1.31 bits per heavy atom. The van der Waals surface area contributed by atoms with Gasteiger partial charge in [0.15, 0.2) is 0 Å². The SMILES string of the molecule is CCNc1c(C)cccc1C(C)C. The third-order valence-corrected chi connectivity index (χ3v) is 2.28. The van der Waals surface area contributed by atoms with E-state index >= 15 is 0 Å². The molecule has 0 aliphatic rings. The lowest BCUT2D eigenvalue weighted by molar-refractivity contribution is 0.864. The zero-order valence-electron chi connectivity index (χ0n) is 9.02. The zero-order chi connectivity index (χ0) is 9.84. The second kappa shape index (κ2) is 4.31. The average Bonchev–Trinajstić information content (AvgIpc) is 2.08. The molecule has 0 saturated heterocycles. The third kappa shape index (κ3) is 2.24. The van der Waals surface area contributed by atoms with Crippen molar-refractivity contribution in [1.82, 2.24) is 0 Å². The molecule has 0 aliphatic heterocycles. The smallest absolute Gasteiger partial charge is 0.0404 e. The number of rotatable bonds is 3. The normalized spacial score (nSPS) is 10.5. The van der Waals surface area contributed by atoms with E-state index in [-0.39, 0.29) is 0 Å². The van der Waals surface area contributed by atoms with Crippen molar-refractivity contribution < 1.29 is 0 Å². The van der Waals surface area contributed by atoms with Gasteiger partial charge in [-0.05, 0) is 30.9 Å². The van der Waals surface area contributed by atoms with Crippen LogP contribution in [0.15, 0.2) is 18.2 Å². The maximum absolute atomic E-state index is 3.43. The van der Waals surface area contributed by atoms with Gasteiger partial charge in [-0.15, -0.1) is 0 Å². The van der Waals surface area contributed by atoms with Crippen LogP contribution in [0.1, 0.15) is 37.8 Å². The molecule has 1 rings (SSSR count). The molecule has 0 aliphatic carbocycles. The van der Waals surface area contributed by atoms with Crippen molar-refractivity contribution in [3.8, 4) is 0 Å². The van der Waals surface area contributed by atoms with Gasteiger partial charge >= 0.3 is 0 Å². The van der Waals surface area contributed by atoms with Crippen LogP contribution in [0.3, 0.4) is 0 Å². The highest BCUT2D eigenvalue weighted by atomic mass is 14.9. The topological polar surface area (TPSA) is 12.0 Å². The number of anilines is 1. The lowest BCUT2D eigenvalue weighted by Crippen LogP contribution is -2.03. The first-order valence-electron chi connectivity index (χ1n) is 5.00. The summed E-state index contributed by atoms with van der Waals surface area (Å²) in [4.78, 5) is 0. The molecule has 1 N–H and O–H groups in total. The van der Waals surface area contributed by atoms with Crippen LogP contribution in [0, 0.1) is 6.92 Å². The first-order valence-corrected chi connectivity index (χ1v) is 5.00. The van der Waals surface area contributed by atoms with Gasteiger partial charge in [0, 0.05) is 12.2 Å². The Labute approximate surface area is 81.2 Å². The van der Waals surface area contributed by atoms with Crippen LogP contribution < -0.4 is 5.32 Å². The number of aryl methyl sites for hydroxylation is 1. The molecule has 0 bridgehead atoms. The van der Waals surface area contributed by atoms with Gasteiger partial charge in [-0.3, -0.25) is 0 Å². The van der Waals surface area contributed by atoms with E-state index in [1.54, 1.807) is 0 Å². The molecule has 1 aromatic rings. The molecule has 0 heterocycles. The van der Waals surface area contributed by atoms with Crippen LogP contribution in [0.4, 0.5) is 5.69 Å². The van der Waals surface area contributed by atoms with Crippen molar-refractivity contribution in [1.29, 1.82) is 0 Å². The Balaban J connectivity index is 3.09. The second-order valence-electron chi connectivity index (χ2n) is 3.72. The van der Waals surface area contributed by atoms with E-state index in [9.17, 15) is 0 Å².